The Kier molecular flexibility index (Phi) is 16.2. The molecule has 0 fully saturated rings. The van der Waals surface area contributed by atoms with Gasteiger partial charge in [-0.15, -0.1) is 0 Å². The molecule has 0 heterocycles. The zero-order chi connectivity index (χ0) is 35.2. The molecule has 0 amide bonds. The molecule has 0 saturated heterocycles. The summed E-state index contributed by atoms with van der Waals surface area (Å²) in [4.78, 5) is 0. The third-order valence-corrected chi connectivity index (χ3v) is 17.3. The van der Waals surface area contributed by atoms with Gasteiger partial charge in [0.25, 0.3) is 0 Å². The first-order valence-electron chi connectivity index (χ1n) is 18.5. The Morgan fingerprint density at radius 2 is 0.725 bits per heavy atom. The van der Waals surface area contributed by atoms with E-state index in [-0.39, 0.29) is 37.2 Å². The van der Waals surface area contributed by atoms with Crippen LogP contribution in [0.4, 0.5) is 0 Å². The number of hydrogen-bond donors (Lipinski definition) is 0. The second-order valence-corrected chi connectivity index (χ2v) is 21.2. The molecule has 0 nitrogen and oxygen atoms in total. The van der Waals surface area contributed by atoms with Crippen molar-refractivity contribution in [1.82, 2.24) is 0 Å². The first-order chi connectivity index (χ1) is 22.6. The number of allylic oxidation sites excluding steroid dienone is 1. The van der Waals surface area contributed by atoms with Crippen LogP contribution in [0.15, 0.2) is 84.4 Å². The van der Waals surface area contributed by atoms with Gasteiger partial charge in [0.1, 0.15) is 0 Å². The summed E-state index contributed by atoms with van der Waals surface area (Å²) < 4.78 is 1.46. The molecule has 1 aliphatic rings. The van der Waals surface area contributed by atoms with Crippen molar-refractivity contribution in [2.45, 2.75) is 131 Å². The van der Waals surface area contributed by atoms with Gasteiger partial charge >= 0.3 is 308 Å². The summed E-state index contributed by atoms with van der Waals surface area (Å²) in [6, 6.07) is 32.8. The van der Waals surface area contributed by atoms with E-state index in [0.29, 0.717) is 41.0 Å². The van der Waals surface area contributed by atoms with Crippen LogP contribution in [0.25, 0.3) is 3.88 Å². The number of benzene rings is 4. The van der Waals surface area contributed by atoms with E-state index in [1.165, 1.54) is 48.4 Å². The SMILES string of the molecule is CC1=[C]([Ti+3])c2ccccc2C1[Si](c1cc(C(C)C)cc(C(C)C)c1)(c1cc(C(C)C)cc(C(C)C)c1)c1cc(C(C)C)cc(C(C)C)c1.[Cl-].[Cl-].[Cl-]. The fraction of sp³-hybridized carbons (Fsp3) is 0.435. The molecule has 5 rings (SSSR count). The van der Waals surface area contributed by atoms with Gasteiger partial charge in [-0.05, 0) is 0 Å². The minimum Gasteiger partial charge on any atom is -1.00 e. The Morgan fingerprint density at radius 1 is 0.451 bits per heavy atom. The predicted molar refractivity (Wildman–Crippen MR) is 210 cm³/mol. The molecule has 0 spiro atoms. The van der Waals surface area contributed by atoms with Gasteiger partial charge in [0.2, 0.25) is 0 Å². The van der Waals surface area contributed by atoms with Crippen molar-refractivity contribution < 1.29 is 57.7 Å². The number of halogens is 3. The van der Waals surface area contributed by atoms with E-state index < -0.39 is 8.07 Å². The monoisotopic (exact) mass is 792 g/mol. The second-order valence-electron chi connectivity index (χ2n) is 16.5. The second kappa shape index (κ2) is 18.2. The van der Waals surface area contributed by atoms with E-state index in [9.17, 15) is 0 Å². The molecule has 0 saturated carbocycles. The minimum absolute atomic E-state index is 0. The van der Waals surface area contributed by atoms with Crippen LogP contribution >= 0.6 is 0 Å². The fourth-order valence-electron chi connectivity index (χ4n) is 7.84. The molecule has 1 unspecified atom stereocenters. The van der Waals surface area contributed by atoms with Crippen LogP contribution in [0.2, 0.25) is 0 Å². The molecule has 0 radical (unpaired) electrons. The summed E-state index contributed by atoms with van der Waals surface area (Å²) >= 11 is 2.38. The maximum Gasteiger partial charge on any atom is -1.00 e. The molecule has 0 aromatic heterocycles. The van der Waals surface area contributed by atoms with E-state index in [1.807, 2.05) is 0 Å². The van der Waals surface area contributed by atoms with Crippen LogP contribution in [0.1, 0.15) is 176 Å². The number of rotatable bonds is 10. The predicted octanol–water partition coefficient (Wildman–Crippen LogP) is 2.52. The summed E-state index contributed by atoms with van der Waals surface area (Å²) in [5, 5.41) is 4.70. The fourth-order valence-corrected chi connectivity index (χ4v) is 14.5. The Balaban J connectivity index is 0.00000300. The zero-order valence-electron chi connectivity index (χ0n) is 33.2. The van der Waals surface area contributed by atoms with Crippen molar-refractivity contribution in [3.8, 4) is 0 Å². The van der Waals surface area contributed by atoms with E-state index in [2.05, 4.69) is 189 Å². The summed E-state index contributed by atoms with van der Waals surface area (Å²) in [6.45, 7) is 31.0. The third-order valence-electron chi connectivity index (χ3n) is 11.1. The van der Waals surface area contributed by atoms with Gasteiger partial charge in [-0.2, -0.15) is 0 Å². The average molecular weight is 794 g/mol. The van der Waals surface area contributed by atoms with Crippen molar-refractivity contribution in [1.29, 1.82) is 0 Å². The van der Waals surface area contributed by atoms with Crippen molar-refractivity contribution in [2.75, 3.05) is 0 Å². The van der Waals surface area contributed by atoms with Crippen LogP contribution < -0.4 is 52.8 Å². The topological polar surface area (TPSA) is 0 Å². The quantitative estimate of drug-likeness (QED) is 0.171. The van der Waals surface area contributed by atoms with Crippen molar-refractivity contribution in [2.24, 2.45) is 0 Å². The Hall–Kier alpha value is -1.58. The molecule has 5 heteroatoms. The maximum atomic E-state index is 2.65. The number of fused-ring (bicyclic) bond motifs is 1. The van der Waals surface area contributed by atoms with E-state index in [4.69, 9.17) is 0 Å². The molecule has 0 bridgehead atoms. The molecule has 4 aromatic carbocycles. The van der Waals surface area contributed by atoms with E-state index in [1.54, 1.807) is 21.1 Å². The average Bonchev–Trinajstić information content (AvgIpc) is 3.30. The first-order valence-corrected chi connectivity index (χ1v) is 21.4. The Bertz CT molecular complexity index is 1600. The van der Waals surface area contributed by atoms with E-state index >= 15 is 0 Å². The molecular formula is C46H59Cl3SiTi. The van der Waals surface area contributed by atoms with Gasteiger partial charge in [0.05, 0.1) is 0 Å². The van der Waals surface area contributed by atoms with Crippen molar-refractivity contribution in [3.05, 3.63) is 129 Å². The van der Waals surface area contributed by atoms with Crippen LogP contribution in [-0.4, -0.2) is 8.07 Å². The summed E-state index contributed by atoms with van der Waals surface area (Å²) in [5.74, 6) is 2.69. The standard InChI is InChI=1S/C46H59Si.3ClH.Ti/c1-28(2)36-19-37(29(3)4)23-42(22-36)47(46-34(13)18-35-16-14-15-17-45(35)46,43-24-38(30(5)6)20-39(25-43)31(7)8)44-26-40(32(9)10)21-41(27-44)33(11)12;;;;/h14-17,19-33,46H,1-13H3;3*1H;/q;;;;+3/p-3. The Labute approximate surface area is 342 Å². The molecule has 4 aromatic rings. The van der Waals surface area contributed by atoms with Gasteiger partial charge in [-0.3, -0.25) is 0 Å². The van der Waals surface area contributed by atoms with Crippen molar-refractivity contribution in [3.63, 3.8) is 0 Å². The first kappa shape index (κ1) is 45.6. The molecule has 51 heavy (non-hydrogen) atoms. The molecule has 1 atom stereocenters. The molecular weight excluding hydrogens is 735 g/mol. The summed E-state index contributed by atoms with van der Waals surface area (Å²) in [7, 11) is -2.87. The number of hydrogen-bond acceptors (Lipinski definition) is 0. The molecule has 0 aliphatic heterocycles. The molecule has 0 N–H and O–H groups in total. The van der Waals surface area contributed by atoms with Gasteiger partial charge in [-0.25, -0.2) is 0 Å². The van der Waals surface area contributed by atoms with Crippen LogP contribution in [0.5, 0.6) is 0 Å². The molecule has 272 valence electrons. The van der Waals surface area contributed by atoms with E-state index in [0.717, 1.165) is 0 Å². The summed E-state index contributed by atoms with van der Waals surface area (Å²) in [5.41, 5.74) is 13.6. The largest absolute Gasteiger partial charge is 1.00 e. The minimum atomic E-state index is -2.87. The van der Waals surface area contributed by atoms with Gasteiger partial charge in [-0.1, -0.05) is 0 Å². The van der Waals surface area contributed by atoms with Gasteiger partial charge in [0, 0.05) is 0 Å². The summed E-state index contributed by atoms with van der Waals surface area (Å²) in [6.07, 6.45) is 0. The third kappa shape index (κ3) is 8.71. The zero-order valence-corrected chi connectivity index (χ0v) is 38.0. The van der Waals surface area contributed by atoms with Crippen LogP contribution in [-0.2, 0) is 20.4 Å². The van der Waals surface area contributed by atoms with Crippen LogP contribution in [0.3, 0.4) is 0 Å². The maximum absolute atomic E-state index is 2.87. The van der Waals surface area contributed by atoms with Crippen LogP contribution in [0, 0.1) is 0 Å². The smallest absolute Gasteiger partial charge is 1.00 e. The van der Waals surface area contributed by atoms with Crippen molar-refractivity contribution >= 4 is 27.5 Å². The van der Waals surface area contributed by atoms with Gasteiger partial charge in [0.15, 0.2) is 0 Å². The van der Waals surface area contributed by atoms with Gasteiger partial charge < -0.3 is 37.2 Å². The molecule has 1 aliphatic carbocycles. The Morgan fingerprint density at radius 3 is 1.00 bits per heavy atom. The normalized spacial score (nSPS) is 14.4.